The van der Waals surface area contributed by atoms with Gasteiger partial charge in [0.15, 0.2) is 6.61 Å². The lowest BCUT2D eigenvalue weighted by Crippen LogP contribution is -2.31. The van der Waals surface area contributed by atoms with Gasteiger partial charge < -0.3 is 19.8 Å². The zero-order valence-electron chi connectivity index (χ0n) is 12.3. The van der Waals surface area contributed by atoms with Gasteiger partial charge in [0, 0.05) is 6.54 Å². The number of hydrogen-bond acceptors (Lipinski definition) is 4. The molecule has 1 aromatic heterocycles. The SMILES string of the molecule is CNCc1ccc(OCC(=O)NC(C)c2ccco2)cc1. The fourth-order valence-corrected chi connectivity index (χ4v) is 1.95. The van der Waals surface area contributed by atoms with Gasteiger partial charge in [0.25, 0.3) is 5.91 Å². The molecule has 0 saturated heterocycles. The van der Waals surface area contributed by atoms with Crippen LogP contribution in [0.4, 0.5) is 0 Å². The minimum Gasteiger partial charge on any atom is -0.484 e. The molecule has 2 aromatic rings. The smallest absolute Gasteiger partial charge is 0.258 e. The highest BCUT2D eigenvalue weighted by Gasteiger charge is 2.12. The standard InChI is InChI=1S/C16H20N2O3/c1-12(15-4-3-9-20-15)18-16(19)11-21-14-7-5-13(6-8-14)10-17-2/h3-9,12,17H,10-11H2,1-2H3,(H,18,19). The van der Waals surface area contributed by atoms with E-state index in [4.69, 9.17) is 9.15 Å². The summed E-state index contributed by atoms with van der Waals surface area (Å²) in [4.78, 5) is 11.8. The molecule has 1 heterocycles. The third-order valence-electron chi connectivity index (χ3n) is 3.02. The first kappa shape index (κ1) is 15.1. The van der Waals surface area contributed by atoms with E-state index in [1.807, 2.05) is 44.3 Å². The van der Waals surface area contributed by atoms with Crippen LogP contribution in [0.1, 0.15) is 24.3 Å². The third-order valence-corrected chi connectivity index (χ3v) is 3.02. The molecule has 0 radical (unpaired) electrons. The average Bonchev–Trinajstić information content (AvgIpc) is 3.01. The van der Waals surface area contributed by atoms with Crippen molar-refractivity contribution in [2.24, 2.45) is 0 Å². The Hall–Kier alpha value is -2.27. The molecule has 1 aromatic carbocycles. The van der Waals surface area contributed by atoms with Crippen LogP contribution in [0.15, 0.2) is 47.1 Å². The molecule has 0 fully saturated rings. The van der Waals surface area contributed by atoms with Gasteiger partial charge in [-0.2, -0.15) is 0 Å². The molecule has 0 saturated carbocycles. The molecule has 2 N–H and O–H groups in total. The van der Waals surface area contributed by atoms with Crippen LogP contribution < -0.4 is 15.4 Å². The number of carbonyl (C=O) groups is 1. The van der Waals surface area contributed by atoms with E-state index in [1.165, 1.54) is 5.56 Å². The lowest BCUT2D eigenvalue weighted by molar-refractivity contribution is -0.123. The number of benzene rings is 1. The van der Waals surface area contributed by atoms with Gasteiger partial charge in [-0.3, -0.25) is 4.79 Å². The Balaban J connectivity index is 1.78. The quantitative estimate of drug-likeness (QED) is 0.820. The van der Waals surface area contributed by atoms with Gasteiger partial charge in [-0.1, -0.05) is 12.1 Å². The Morgan fingerprint density at radius 2 is 2.05 bits per heavy atom. The van der Waals surface area contributed by atoms with Crippen molar-refractivity contribution in [2.45, 2.75) is 19.5 Å². The van der Waals surface area contributed by atoms with E-state index in [0.717, 1.165) is 12.3 Å². The van der Waals surface area contributed by atoms with Crippen molar-refractivity contribution in [1.82, 2.24) is 10.6 Å². The molecule has 2 rings (SSSR count). The van der Waals surface area contributed by atoms with Crippen molar-refractivity contribution in [1.29, 1.82) is 0 Å². The van der Waals surface area contributed by atoms with Crippen LogP contribution in [0.25, 0.3) is 0 Å². The molecule has 1 atom stereocenters. The van der Waals surface area contributed by atoms with Crippen LogP contribution in [-0.2, 0) is 11.3 Å². The summed E-state index contributed by atoms with van der Waals surface area (Å²) in [6, 6.07) is 11.1. The first-order valence-electron chi connectivity index (χ1n) is 6.88. The first-order valence-corrected chi connectivity index (χ1v) is 6.88. The van der Waals surface area contributed by atoms with Crippen LogP contribution in [-0.4, -0.2) is 19.6 Å². The minimum atomic E-state index is -0.182. The van der Waals surface area contributed by atoms with Gasteiger partial charge in [-0.25, -0.2) is 0 Å². The monoisotopic (exact) mass is 288 g/mol. The van der Waals surface area contributed by atoms with Gasteiger partial charge in [0.1, 0.15) is 11.5 Å². The van der Waals surface area contributed by atoms with Crippen molar-refractivity contribution >= 4 is 5.91 Å². The molecule has 0 bridgehead atoms. The molecular weight excluding hydrogens is 268 g/mol. The van der Waals surface area contributed by atoms with E-state index < -0.39 is 0 Å². The summed E-state index contributed by atoms with van der Waals surface area (Å²) in [6.07, 6.45) is 1.58. The lowest BCUT2D eigenvalue weighted by Gasteiger charge is -2.12. The number of nitrogens with one attached hydrogen (secondary N) is 2. The van der Waals surface area contributed by atoms with Crippen LogP contribution in [0.3, 0.4) is 0 Å². The van der Waals surface area contributed by atoms with Gasteiger partial charge in [0.05, 0.1) is 12.3 Å². The lowest BCUT2D eigenvalue weighted by atomic mass is 10.2. The summed E-state index contributed by atoms with van der Waals surface area (Å²) in [5.74, 6) is 1.22. The number of carbonyl (C=O) groups excluding carboxylic acids is 1. The number of furan rings is 1. The van der Waals surface area contributed by atoms with Crippen LogP contribution in [0.5, 0.6) is 5.75 Å². The van der Waals surface area contributed by atoms with Gasteiger partial charge in [0.2, 0.25) is 0 Å². The summed E-state index contributed by atoms with van der Waals surface area (Å²) in [7, 11) is 1.90. The first-order chi connectivity index (χ1) is 10.2. The Morgan fingerprint density at radius 1 is 1.29 bits per heavy atom. The minimum absolute atomic E-state index is 0.0174. The van der Waals surface area contributed by atoms with E-state index >= 15 is 0 Å². The van der Waals surface area contributed by atoms with Crippen molar-refractivity contribution in [3.63, 3.8) is 0 Å². The fourth-order valence-electron chi connectivity index (χ4n) is 1.95. The summed E-state index contributed by atoms with van der Waals surface area (Å²) < 4.78 is 10.7. The molecule has 1 unspecified atom stereocenters. The van der Waals surface area contributed by atoms with Crippen LogP contribution in [0.2, 0.25) is 0 Å². The Morgan fingerprint density at radius 3 is 2.67 bits per heavy atom. The largest absolute Gasteiger partial charge is 0.484 e. The van der Waals surface area contributed by atoms with E-state index in [2.05, 4.69) is 10.6 Å². The van der Waals surface area contributed by atoms with Crippen molar-refractivity contribution in [3.05, 3.63) is 54.0 Å². The molecule has 0 aliphatic carbocycles. The molecular formula is C16H20N2O3. The zero-order valence-corrected chi connectivity index (χ0v) is 12.3. The molecule has 21 heavy (non-hydrogen) atoms. The molecule has 112 valence electrons. The maximum atomic E-state index is 11.8. The maximum absolute atomic E-state index is 11.8. The highest BCUT2D eigenvalue weighted by atomic mass is 16.5. The second kappa shape index (κ2) is 7.50. The molecule has 5 nitrogen and oxygen atoms in total. The average molecular weight is 288 g/mol. The Labute approximate surface area is 124 Å². The molecule has 0 aliphatic rings. The number of hydrogen-bond donors (Lipinski definition) is 2. The molecule has 5 heteroatoms. The normalized spacial score (nSPS) is 11.9. The van der Waals surface area contributed by atoms with E-state index in [9.17, 15) is 4.79 Å². The number of rotatable bonds is 7. The summed E-state index contributed by atoms with van der Waals surface area (Å²) >= 11 is 0. The van der Waals surface area contributed by atoms with Crippen molar-refractivity contribution < 1.29 is 13.9 Å². The van der Waals surface area contributed by atoms with E-state index in [1.54, 1.807) is 12.3 Å². The topological polar surface area (TPSA) is 63.5 Å². The van der Waals surface area contributed by atoms with Crippen molar-refractivity contribution in [2.75, 3.05) is 13.7 Å². The van der Waals surface area contributed by atoms with Gasteiger partial charge in [-0.15, -0.1) is 0 Å². The highest BCUT2D eigenvalue weighted by molar-refractivity contribution is 5.77. The second-order valence-corrected chi connectivity index (χ2v) is 4.77. The molecule has 0 spiro atoms. The fraction of sp³-hybridized carbons (Fsp3) is 0.312. The van der Waals surface area contributed by atoms with Gasteiger partial charge in [-0.05, 0) is 43.8 Å². The number of amides is 1. The summed E-state index contributed by atoms with van der Waals surface area (Å²) in [5.41, 5.74) is 1.17. The van der Waals surface area contributed by atoms with E-state index in [-0.39, 0.29) is 18.6 Å². The van der Waals surface area contributed by atoms with Crippen LogP contribution >= 0.6 is 0 Å². The van der Waals surface area contributed by atoms with Crippen LogP contribution in [0, 0.1) is 0 Å². The summed E-state index contributed by atoms with van der Waals surface area (Å²) in [6.45, 7) is 2.65. The molecule has 1 amide bonds. The highest BCUT2D eigenvalue weighted by Crippen LogP contribution is 2.13. The van der Waals surface area contributed by atoms with Crippen molar-refractivity contribution in [3.8, 4) is 5.75 Å². The predicted octanol–water partition coefficient (Wildman–Crippen LogP) is 2.26. The van der Waals surface area contributed by atoms with Gasteiger partial charge >= 0.3 is 0 Å². The second-order valence-electron chi connectivity index (χ2n) is 4.77. The summed E-state index contributed by atoms with van der Waals surface area (Å²) in [5, 5.41) is 5.89. The molecule has 0 aliphatic heterocycles. The Bertz CT molecular complexity index is 549. The third kappa shape index (κ3) is 4.65. The van der Waals surface area contributed by atoms with E-state index in [0.29, 0.717) is 5.75 Å². The maximum Gasteiger partial charge on any atom is 0.258 e. The predicted molar refractivity (Wildman–Crippen MR) is 80.0 cm³/mol. The Kier molecular flexibility index (Phi) is 5.40. The number of ether oxygens (including phenoxy) is 1. The zero-order chi connectivity index (χ0) is 15.1.